The van der Waals surface area contributed by atoms with E-state index in [2.05, 4.69) is 4.98 Å². The minimum atomic E-state index is 0.713. The van der Waals surface area contributed by atoms with Crippen molar-refractivity contribution in [3.8, 4) is 0 Å². The van der Waals surface area contributed by atoms with Crippen LogP contribution in [0.5, 0.6) is 0 Å². The lowest BCUT2D eigenvalue weighted by atomic mass is 10.4. The Morgan fingerprint density at radius 2 is 2.30 bits per heavy atom. The van der Waals surface area contributed by atoms with Crippen molar-refractivity contribution in [1.82, 2.24) is 4.98 Å². The molecule has 0 saturated heterocycles. The molecule has 0 fully saturated rings. The molecule has 0 aromatic carbocycles. The van der Waals surface area contributed by atoms with E-state index in [1.165, 1.54) is 0 Å². The third-order valence-electron chi connectivity index (χ3n) is 0.928. The average Bonchev–Trinajstić information content (AvgIpc) is 1.95. The number of rotatable bonds is 2. The van der Waals surface area contributed by atoms with Crippen LogP contribution in [0, 0.1) is 0 Å². The van der Waals surface area contributed by atoms with E-state index in [4.69, 9.17) is 5.73 Å². The second-order valence-electron chi connectivity index (χ2n) is 1.68. The second kappa shape index (κ2) is 3.73. The number of nitrogens with two attached hydrogens (primary N) is 1. The van der Waals surface area contributed by atoms with Gasteiger partial charge < -0.3 is 5.73 Å². The molecule has 1 aromatic rings. The van der Waals surface area contributed by atoms with Crippen LogP contribution in [-0.4, -0.2) is 11.2 Å². The summed E-state index contributed by atoms with van der Waals surface area (Å²) in [6, 6.07) is 3.77. The first kappa shape index (κ1) is 7.75. The summed E-state index contributed by atoms with van der Waals surface area (Å²) in [7, 11) is 3.31. The van der Waals surface area contributed by atoms with Gasteiger partial charge >= 0.3 is 0 Å². The topological polar surface area (TPSA) is 38.9 Å². The van der Waals surface area contributed by atoms with Crippen molar-refractivity contribution < 1.29 is 0 Å². The summed E-state index contributed by atoms with van der Waals surface area (Å²) in [5.41, 5.74) is 6.16. The molecule has 0 saturated carbocycles. The second-order valence-corrected chi connectivity index (χ2v) is 4.10. The summed E-state index contributed by atoms with van der Waals surface area (Å²) >= 11 is 0. The van der Waals surface area contributed by atoms with Gasteiger partial charge in [-0.25, -0.2) is 4.98 Å². The van der Waals surface area contributed by atoms with E-state index in [9.17, 15) is 0 Å². The van der Waals surface area contributed by atoms with Crippen LogP contribution in [0.3, 0.4) is 0 Å². The summed E-state index contributed by atoms with van der Waals surface area (Å²) in [6.45, 7) is 0. The van der Waals surface area contributed by atoms with E-state index in [1.54, 1.807) is 27.8 Å². The minimum absolute atomic E-state index is 0.713. The molecule has 0 bridgehead atoms. The summed E-state index contributed by atoms with van der Waals surface area (Å²) in [4.78, 5) is 4.09. The van der Waals surface area contributed by atoms with Crippen molar-refractivity contribution in [2.24, 2.45) is 0 Å². The Kier molecular flexibility index (Phi) is 2.89. The maximum absolute atomic E-state index is 5.44. The third kappa shape index (κ3) is 2.11. The molecule has 0 aliphatic heterocycles. The zero-order chi connectivity index (χ0) is 7.40. The van der Waals surface area contributed by atoms with Crippen LogP contribution in [0.4, 0.5) is 5.69 Å². The lowest BCUT2D eigenvalue weighted by molar-refractivity contribution is 1.15. The molecule has 0 unspecified atom stereocenters. The summed E-state index contributed by atoms with van der Waals surface area (Å²) in [6.07, 6.45) is 3.68. The lowest BCUT2D eigenvalue weighted by Crippen LogP contribution is -1.85. The highest BCUT2D eigenvalue weighted by atomic mass is 33.1. The molecule has 1 aromatic heterocycles. The van der Waals surface area contributed by atoms with E-state index in [0.717, 1.165) is 5.03 Å². The standard InChI is InChI=1S/C6H8N2S2/c1-9-10-6-3-2-5(7)4-8-6/h2-4H,7H2,1H3. The molecule has 1 rings (SSSR count). The lowest BCUT2D eigenvalue weighted by Gasteiger charge is -1.95. The Morgan fingerprint density at radius 3 is 2.80 bits per heavy atom. The fourth-order valence-corrected chi connectivity index (χ4v) is 1.72. The zero-order valence-electron chi connectivity index (χ0n) is 5.57. The quantitative estimate of drug-likeness (QED) is 0.693. The molecule has 1 heterocycles. The smallest absolute Gasteiger partial charge is 0.107 e. The molecule has 0 radical (unpaired) electrons. The normalized spacial score (nSPS) is 9.70. The van der Waals surface area contributed by atoms with E-state index in [-0.39, 0.29) is 0 Å². The van der Waals surface area contributed by atoms with Gasteiger partial charge in [0.2, 0.25) is 0 Å². The van der Waals surface area contributed by atoms with Gasteiger partial charge in [-0.1, -0.05) is 10.8 Å². The van der Waals surface area contributed by atoms with Crippen molar-refractivity contribution in [3.63, 3.8) is 0 Å². The largest absolute Gasteiger partial charge is 0.397 e. The SMILES string of the molecule is CSSc1ccc(N)cn1. The molecular weight excluding hydrogens is 164 g/mol. The summed E-state index contributed by atoms with van der Waals surface area (Å²) in [5.74, 6) is 0. The number of hydrogen-bond acceptors (Lipinski definition) is 4. The zero-order valence-corrected chi connectivity index (χ0v) is 7.21. The maximum Gasteiger partial charge on any atom is 0.107 e. The molecule has 0 spiro atoms. The predicted octanol–water partition coefficient (Wildman–Crippen LogP) is 2.03. The Bertz CT molecular complexity index is 197. The van der Waals surface area contributed by atoms with Gasteiger partial charge in [-0.05, 0) is 29.2 Å². The molecule has 2 nitrogen and oxygen atoms in total. The first-order valence-corrected chi connectivity index (χ1v) is 5.31. The number of hydrogen-bond donors (Lipinski definition) is 1. The molecule has 54 valence electrons. The molecule has 0 aliphatic carbocycles. The third-order valence-corrected chi connectivity index (χ3v) is 2.52. The van der Waals surface area contributed by atoms with Gasteiger partial charge in [-0.3, -0.25) is 0 Å². The van der Waals surface area contributed by atoms with Crippen LogP contribution in [0.25, 0.3) is 0 Å². The van der Waals surface area contributed by atoms with Crippen molar-refractivity contribution >= 4 is 27.3 Å². The van der Waals surface area contributed by atoms with Crippen molar-refractivity contribution in [3.05, 3.63) is 18.3 Å². The van der Waals surface area contributed by atoms with Gasteiger partial charge in [0.25, 0.3) is 0 Å². The highest BCUT2D eigenvalue weighted by Crippen LogP contribution is 2.26. The van der Waals surface area contributed by atoms with E-state index < -0.39 is 0 Å². The highest BCUT2D eigenvalue weighted by molar-refractivity contribution is 8.76. The van der Waals surface area contributed by atoms with Crippen molar-refractivity contribution in [2.75, 3.05) is 12.0 Å². The van der Waals surface area contributed by atoms with Gasteiger partial charge in [-0.15, -0.1) is 0 Å². The van der Waals surface area contributed by atoms with Crippen LogP contribution < -0.4 is 5.73 Å². The molecular formula is C6H8N2S2. The Labute approximate surface area is 68.0 Å². The van der Waals surface area contributed by atoms with Crippen LogP contribution >= 0.6 is 21.6 Å². The maximum atomic E-state index is 5.44. The van der Waals surface area contributed by atoms with Gasteiger partial charge in [0, 0.05) is 0 Å². The Balaban J connectivity index is 2.69. The van der Waals surface area contributed by atoms with Gasteiger partial charge in [0.15, 0.2) is 0 Å². The fraction of sp³-hybridized carbons (Fsp3) is 0.167. The Hall–Kier alpha value is -0.350. The van der Waals surface area contributed by atoms with Crippen molar-refractivity contribution in [2.45, 2.75) is 5.03 Å². The summed E-state index contributed by atoms with van der Waals surface area (Å²) in [5, 5.41) is 1.00. The Morgan fingerprint density at radius 1 is 1.50 bits per heavy atom. The molecule has 0 amide bonds. The number of pyridine rings is 1. The molecule has 0 atom stereocenters. The predicted molar refractivity (Wildman–Crippen MR) is 48.0 cm³/mol. The first-order chi connectivity index (χ1) is 4.83. The summed E-state index contributed by atoms with van der Waals surface area (Å²) < 4.78 is 0. The number of aromatic nitrogens is 1. The van der Waals surface area contributed by atoms with Gasteiger partial charge in [0.1, 0.15) is 5.03 Å². The monoisotopic (exact) mass is 172 g/mol. The average molecular weight is 172 g/mol. The van der Waals surface area contributed by atoms with E-state index in [0.29, 0.717) is 5.69 Å². The van der Waals surface area contributed by atoms with Crippen molar-refractivity contribution in [1.29, 1.82) is 0 Å². The van der Waals surface area contributed by atoms with Crippen LogP contribution in [0.1, 0.15) is 0 Å². The highest BCUT2D eigenvalue weighted by Gasteiger charge is 1.91. The number of nitrogen functional groups attached to an aromatic ring is 1. The van der Waals surface area contributed by atoms with E-state index >= 15 is 0 Å². The first-order valence-electron chi connectivity index (χ1n) is 2.75. The van der Waals surface area contributed by atoms with Crippen LogP contribution in [-0.2, 0) is 0 Å². The van der Waals surface area contributed by atoms with E-state index in [1.807, 2.05) is 18.4 Å². The molecule has 10 heavy (non-hydrogen) atoms. The number of nitrogens with zero attached hydrogens (tertiary/aromatic N) is 1. The minimum Gasteiger partial charge on any atom is -0.397 e. The van der Waals surface area contributed by atoms with Gasteiger partial charge in [0.05, 0.1) is 11.9 Å². The van der Waals surface area contributed by atoms with Crippen LogP contribution in [0.2, 0.25) is 0 Å². The molecule has 2 N–H and O–H groups in total. The number of anilines is 1. The van der Waals surface area contributed by atoms with Crippen LogP contribution in [0.15, 0.2) is 23.4 Å². The fourth-order valence-electron chi connectivity index (χ4n) is 0.526. The van der Waals surface area contributed by atoms with Gasteiger partial charge in [-0.2, -0.15) is 0 Å². The molecule has 0 aliphatic rings. The molecule has 4 heteroatoms.